The summed E-state index contributed by atoms with van der Waals surface area (Å²) in [6, 6.07) is 7.35. The fraction of sp³-hybridized carbons (Fsp3) is 0.417. The summed E-state index contributed by atoms with van der Waals surface area (Å²) in [6.07, 6.45) is 3.47. The second kappa shape index (κ2) is 7.73. The molecule has 0 radical (unpaired) electrons. The van der Waals surface area contributed by atoms with Crippen molar-refractivity contribution >= 4 is 23.0 Å². The Morgan fingerprint density at radius 1 is 1.29 bits per heavy atom. The molecule has 4 nitrogen and oxygen atoms in total. The van der Waals surface area contributed by atoms with Crippen LogP contribution in [0.1, 0.15) is 26.2 Å². The summed E-state index contributed by atoms with van der Waals surface area (Å²) >= 11 is 4.60. The van der Waals surface area contributed by atoms with Gasteiger partial charge < -0.3 is 10.5 Å². The van der Waals surface area contributed by atoms with E-state index in [0.29, 0.717) is 5.69 Å². The number of azo groups is 1. The average molecular weight is 251 g/mol. The van der Waals surface area contributed by atoms with Gasteiger partial charge in [0.15, 0.2) is 0 Å². The first-order valence-corrected chi connectivity index (χ1v) is 6.07. The number of hydrogen-bond acceptors (Lipinski definition) is 3. The highest BCUT2D eigenvalue weighted by Crippen LogP contribution is 2.18. The maximum Gasteiger partial charge on any atom is 0.211 e. The molecule has 0 aliphatic heterocycles. The Labute approximate surface area is 107 Å². The molecule has 2 N–H and O–H groups in total. The number of benzene rings is 1. The van der Waals surface area contributed by atoms with E-state index in [0.717, 1.165) is 18.8 Å². The molecule has 0 spiro atoms. The molecule has 92 valence electrons. The lowest BCUT2D eigenvalue weighted by molar-refractivity contribution is 0.306. The van der Waals surface area contributed by atoms with E-state index < -0.39 is 0 Å². The fourth-order valence-corrected chi connectivity index (χ4v) is 1.30. The number of ether oxygens (including phenoxy) is 1. The van der Waals surface area contributed by atoms with Crippen LogP contribution in [0.5, 0.6) is 5.75 Å². The molecule has 0 aromatic heterocycles. The maximum absolute atomic E-state index is 5.57. The summed E-state index contributed by atoms with van der Waals surface area (Å²) in [5, 5.41) is 7.50. The fourth-order valence-electron chi connectivity index (χ4n) is 1.26. The zero-order valence-corrected chi connectivity index (χ0v) is 10.7. The second-order valence-electron chi connectivity index (χ2n) is 3.59. The normalized spacial score (nSPS) is 10.6. The summed E-state index contributed by atoms with van der Waals surface area (Å²) in [4.78, 5) is 0. The van der Waals surface area contributed by atoms with Crippen molar-refractivity contribution in [1.82, 2.24) is 0 Å². The molecule has 1 aromatic rings. The average Bonchev–Trinajstić information content (AvgIpc) is 2.33. The van der Waals surface area contributed by atoms with Crippen molar-refractivity contribution in [1.29, 1.82) is 0 Å². The van der Waals surface area contributed by atoms with Gasteiger partial charge in [-0.1, -0.05) is 19.8 Å². The molecule has 0 aliphatic rings. The van der Waals surface area contributed by atoms with Crippen LogP contribution in [0.2, 0.25) is 0 Å². The molecule has 0 unspecified atom stereocenters. The van der Waals surface area contributed by atoms with Crippen LogP contribution in [-0.2, 0) is 0 Å². The second-order valence-corrected chi connectivity index (χ2v) is 4.01. The minimum atomic E-state index is 0.0323. The van der Waals surface area contributed by atoms with Crippen LogP contribution in [0.4, 0.5) is 5.69 Å². The van der Waals surface area contributed by atoms with Crippen molar-refractivity contribution < 1.29 is 4.74 Å². The molecule has 1 aromatic carbocycles. The molecule has 5 heteroatoms. The van der Waals surface area contributed by atoms with Crippen molar-refractivity contribution in [2.24, 2.45) is 16.0 Å². The van der Waals surface area contributed by atoms with Crippen LogP contribution in [0, 0.1) is 0 Å². The number of unbranched alkanes of at least 4 members (excludes halogenated alkanes) is 2. The Morgan fingerprint density at radius 2 is 2.00 bits per heavy atom. The van der Waals surface area contributed by atoms with E-state index in [-0.39, 0.29) is 5.11 Å². The van der Waals surface area contributed by atoms with Crippen LogP contribution in [0.15, 0.2) is 34.5 Å². The molecular weight excluding hydrogens is 234 g/mol. The van der Waals surface area contributed by atoms with E-state index in [1.807, 2.05) is 24.3 Å². The monoisotopic (exact) mass is 251 g/mol. The van der Waals surface area contributed by atoms with E-state index in [1.165, 1.54) is 12.8 Å². The summed E-state index contributed by atoms with van der Waals surface area (Å²) in [5.74, 6) is 0.843. The number of rotatable bonds is 6. The molecule has 0 heterocycles. The Balaban J connectivity index is 2.42. The van der Waals surface area contributed by atoms with Gasteiger partial charge in [0, 0.05) is 0 Å². The molecule has 1 rings (SSSR count). The molecular formula is C12H17N3OS. The number of nitrogens with two attached hydrogens (primary N) is 1. The maximum atomic E-state index is 5.57. The first kappa shape index (κ1) is 13.6. The van der Waals surface area contributed by atoms with Gasteiger partial charge in [0.05, 0.1) is 12.3 Å². The number of nitrogens with zero attached hydrogens (tertiary/aromatic N) is 2. The van der Waals surface area contributed by atoms with Crippen LogP contribution in [0.3, 0.4) is 0 Å². The highest BCUT2D eigenvalue weighted by Gasteiger charge is 1.94. The third-order valence-electron chi connectivity index (χ3n) is 2.12. The molecule has 17 heavy (non-hydrogen) atoms. The molecule has 0 aliphatic carbocycles. The first-order valence-electron chi connectivity index (χ1n) is 5.66. The molecule has 0 saturated carbocycles. The summed E-state index contributed by atoms with van der Waals surface area (Å²) in [7, 11) is 0. The summed E-state index contributed by atoms with van der Waals surface area (Å²) in [6.45, 7) is 2.92. The van der Waals surface area contributed by atoms with Crippen molar-refractivity contribution in [3.63, 3.8) is 0 Å². The summed E-state index contributed by atoms with van der Waals surface area (Å²) < 4.78 is 5.57. The highest BCUT2D eigenvalue weighted by molar-refractivity contribution is 7.80. The van der Waals surface area contributed by atoms with Gasteiger partial charge in [-0.25, -0.2) is 0 Å². The molecule has 0 amide bonds. The van der Waals surface area contributed by atoms with E-state index in [9.17, 15) is 0 Å². The Kier molecular flexibility index (Phi) is 6.17. The minimum Gasteiger partial charge on any atom is -0.494 e. The van der Waals surface area contributed by atoms with E-state index in [2.05, 4.69) is 29.4 Å². The van der Waals surface area contributed by atoms with Gasteiger partial charge in [-0.15, -0.1) is 10.2 Å². The third-order valence-corrected chi connectivity index (χ3v) is 2.20. The van der Waals surface area contributed by atoms with Crippen LogP contribution < -0.4 is 10.5 Å². The van der Waals surface area contributed by atoms with Crippen molar-refractivity contribution in [3.05, 3.63) is 24.3 Å². The largest absolute Gasteiger partial charge is 0.494 e. The predicted octanol–water partition coefficient (Wildman–Crippen LogP) is 3.58. The minimum absolute atomic E-state index is 0.0323. The van der Waals surface area contributed by atoms with Gasteiger partial charge >= 0.3 is 0 Å². The Morgan fingerprint density at radius 3 is 2.59 bits per heavy atom. The van der Waals surface area contributed by atoms with Gasteiger partial charge in [0.25, 0.3) is 0 Å². The van der Waals surface area contributed by atoms with Crippen LogP contribution in [-0.4, -0.2) is 11.7 Å². The third kappa shape index (κ3) is 5.97. The Bertz CT molecular complexity index is 376. The number of thiocarbonyl (C=S) groups is 1. The lowest BCUT2D eigenvalue weighted by Gasteiger charge is -2.05. The zero-order valence-electron chi connectivity index (χ0n) is 9.93. The predicted molar refractivity (Wildman–Crippen MR) is 72.8 cm³/mol. The van der Waals surface area contributed by atoms with Crippen molar-refractivity contribution in [2.75, 3.05) is 6.61 Å². The molecule has 0 atom stereocenters. The van der Waals surface area contributed by atoms with Gasteiger partial charge in [0.1, 0.15) is 5.75 Å². The first-order chi connectivity index (χ1) is 8.22. The van der Waals surface area contributed by atoms with E-state index in [1.54, 1.807) is 0 Å². The van der Waals surface area contributed by atoms with Gasteiger partial charge in [-0.2, -0.15) is 0 Å². The van der Waals surface area contributed by atoms with Crippen LogP contribution >= 0.6 is 12.2 Å². The lowest BCUT2D eigenvalue weighted by Crippen LogP contribution is -2.01. The molecule has 0 fully saturated rings. The Hall–Kier alpha value is -1.49. The summed E-state index contributed by atoms with van der Waals surface area (Å²) in [5.41, 5.74) is 5.92. The van der Waals surface area contributed by atoms with Crippen LogP contribution in [0.25, 0.3) is 0 Å². The smallest absolute Gasteiger partial charge is 0.211 e. The highest BCUT2D eigenvalue weighted by atomic mass is 32.1. The number of hydrogen-bond donors (Lipinski definition) is 1. The standard InChI is InChI=1S/C12H17N3OS/c1-2-3-4-9-16-11-7-5-10(6-8-11)14-15-12(13)17/h5-8H,2-4,9H2,1H3,(H2,13,17). The van der Waals surface area contributed by atoms with Gasteiger partial charge in [-0.05, 0) is 42.9 Å². The zero-order chi connectivity index (χ0) is 12.5. The van der Waals surface area contributed by atoms with Crippen molar-refractivity contribution in [2.45, 2.75) is 26.2 Å². The van der Waals surface area contributed by atoms with E-state index in [4.69, 9.17) is 10.5 Å². The van der Waals surface area contributed by atoms with E-state index >= 15 is 0 Å². The van der Waals surface area contributed by atoms with Crippen molar-refractivity contribution in [3.8, 4) is 5.75 Å². The van der Waals surface area contributed by atoms with Gasteiger partial charge in [-0.3, -0.25) is 0 Å². The van der Waals surface area contributed by atoms with Gasteiger partial charge in [0.2, 0.25) is 5.11 Å². The lowest BCUT2D eigenvalue weighted by atomic mass is 10.2. The quantitative estimate of drug-likeness (QED) is 0.477. The molecule has 0 saturated heterocycles. The SMILES string of the molecule is CCCCCOc1ccc(N=NC(N)=S)cc1. The topological polar surface area (TPSA) is 60.0 Å². The molecule has 0 bridgehead atoms.